The lowest BCUT2D eigenvalue weighted by molar-refractivity contribution is -0.124. The van der Waals surface area contributed by atoms with E-state index in [0.29, 0.717) is 5.56 Å². The molecule has 1 fully saturated rings. The van der Waals surface area contributed by atoms with Gasteiger partial charge in [-0.1, -0.05) is 0 Å². The van der Waals surface area contributed by atoms with Crippen LogP contribution in [0, 0.1) is 13.8 Å². The maximum Gasteiger partial charge on any atom is 0.324 e. The average molecular weight is 306 g/mol. The fourth-order valence-corrected chi connectivity index (χ4v) is 2.86. The van der Waals surface area contributed by atoms with Crippen LogP contribution in [-0.4, -0.2) is 46.9 Å². The Labute approximate surface area is 129 Å². The van der Waals surface area contributed by atoms with Crippen molar-refractivity contribution in [2.75, 3.05) is 19.6 Å². The van der Waals surface area contributed by atoms with Crippen LogP contribution in [0.15, 0.2) is 6.07 Å². The first-order valence-electron chi connectivity index (χ1n) is 7.37. The van der Waals surface area contributed by atoms with E-state index >= 15 is 0 Å². The first kappa shape index (κ1) is 16.1. The Morgan fingerprint density at radius 2 is 2.05 bits per heavy atom. The summed E-state index contributed by atoms with van der Waals surface area (Å²) >= 11 is 0. The summed E-state index contributed by atoms with van der Waals surface area (Å²) in [6, 6.07) is 1.74. The molecule has 2 N–H and O–H groups in total. The van der Waals surface area contributed by atoms with Crippen LogP contribution in [0.4, 0.5) is 4.79 Å². The second-order valence-corrected chi connectivity index (χ2v) is 5.71. The number of hydrogen-bond acceptors (Lipinski definition) is 3. The van der Waals surface area contributed by atoms with Gasteiger partial charge in [-0.2, -0.15) is 0 Å². The highest BCUT2D eigenvalue weighted by Gasteiger charge is 2.28. The number of aromatic nitrogens is 1. The van der Waals surface area contributed by atoms with E-state index in [0.717, 1.165) is 16.3 Å². The van der Waals surface area contributed by atoms with Gasteiger partial charge in [0.25, 0.3) is 5.91 Å². The number of carbonyl (C=O) groups is 3. The van der Waals surface area contributed by atoms with Crippen LogP contribution in [-0.2, 0) is 4.79 Å². The normalized spacial score (nSPS) is 14.7. The smallest absolute Gasteiger partial charge is 0.324 e. The monoisotopic (exact) mass is 306 g/mol. The van der Waals surface area contributed by atoms with Crippen molar-refractivity contribution in [3.8, 4) is 0 Å². The molecule has 4 amide bonds. The van der Waals surface area contributed by atoms with Crippen LogP contribution in [0.1, 0.15) is 41.6 Å². The topological polar surface area (TPSA) is 83.4 Å². The van der Waals surface area contributed by atoms with E-state index < -0.39 is 6.03 Å². The molecule has 0 saturated carbocycles. The zero-order valence-corrected chi connectivity index (χ0v) is 13.4. The van der Waals surface area contributed by atoms with Crippen molar-refractivity contribution in [3.63, 3.8) is 0 Å². The van der Waals surface area contributed by atoms with Crippen molar-refractivity contribution >= 4 is 17.8 Å². The molecule has 7 nitrogen and oxygen atoms in total. The number of nitrogens with one attached hydrogen (secondary N) is 2. The van der Waals surface area contributed by atoms with Crippen molar-refractivity contribution in [2.24, 2.45) is 0 Å². The van der Waals surface area contributed by atoms with Gasteiger partial charge < -0.3 is 15.2 Å². The van der Waals surface area contributed by atoms with Crippen molar-refractivity contribution < 1.29 is 14.4 Å². The Morgan fingerprint density at radius 1 is 1.36 bits per heavy atom. The van der Waals surface area contributed by atoms with Crippen molar-refractivity contribution in [2.45, 2.75) is 33.7 Å². The van der Waals surface area contributed by atoms with Crippen molar-refractivity contribution in [1.29, 1.82) is 0 Å². The molecule has 1 aromatic rings. The maximum absolute atomic E-state index is 12.3. The molecule has 1 saturated heterocycles. The summed E-state index contributed by atoms with van der Waals surface area (Å²) in [7, 11) is 0. The van der Waals surface area contributed by atoms with Crippen molar-refractivity contribution in [3.05, 3.63) is 23.0 Å². The minimum absolute atomic E-state index is 0.0301. The molecule has 0 aromatic carbocycles. The van der Waals surface area contributed by atoms with Gasteiger partial charge in [0.15, 0.2) is 0 Å². The Morgan fingerprint density at radius 3 is 2.55 bits per heavy atom. The molecular formula is C15H22N4O3. The highest BCUT2D eigenvalue weighted by molar-refractivity contribution is 6.02. The summed E-state index contributed by atoms with van der Waals surface area (Å²) in [5.41, 5.74) is 2.58. The lowest BCUT2D eigenvalue weighted by atomic mass is 10.2. The van der Waals surface area contributed by atoms with Gasteiger partial charge in [-0.05, 0) is 33.8 Å². The largest absolute Gasteiger partial charge is 0.350 e. The number of nitrogens with zero attached hydrogens (tertiary/aromatic N) is 2. The van der Waals surface area contributed by atoms with Gasteiger partial charge in [-0.25, -0.2) is 4.79 Å². The zero-order valence-electron chi connectivity index (χ0n) is 13.4. The number of imide groups is 1. The van der Waals surface area contributed by atoms with E-state index in [9.17, 15) is 14.4 Å². The fraction of sp³-hybridized carbons (Fsp3) is 0.533. The van der Waals surface area contributed by atoms with Gasteiger partial charge in [0.1, 0.15) is 0 Å². The van der Waals surface area contributed by atoms with Crippen LogP contribution in [0.5, 0.6) is 0 Å². The van der Waals surface area contributed by atoms with E-state index in [4.69, 9.17) is 0 Å². The molecule has 2 rings (SSSR count). The molecule has 0 bridgehead atoms. The third-order valence-electron chi connectivity index (χ3n) is 3.80. The van der Waals surface area contributed by atoms with Gasteiger partial charge in [0, 0.05) is 30.5 Å². The molecule has 0 aliphatic carbocycles. The minimum atomic E-state index is -0.405. The highest BCUT2D eigenvalue weighted by atomic mass is 16.2. The Hall–Kier alpha value is -2.31. The highest BCUT2D eigenvalue weighted by Crippen LogP contribution is 2.19. The van der Waals surface area contributed by atoms with E-state index in [2.05, 4.69) is 29.0 Å². The summed E-state index contributed by atoms with van der Waals surface area (Å²) in [5, 5.41) is 5.20. The van der Waals surface area contributed by atoms with Crippen LogP contribution in [0.3, 0.4) is 0 Å². The molecular weight excluding hydrogens is 284 g/mol. The van der Waals surface area contributed by atoms with E-state index in [-0.39, 0.29) is 37.5 Å². The van der Waals surface area contributed by atoms with Gasteiger partial charge in [-0.15, -0.1) is 0 Å². The van der Waals surface area contributed by atoms with Gasteiger partial charge in [0.2, 0.25) is 5.91 Å². The van der Waals surface area contributed by atoms with E-state index in [1.807, 2.05) is 19.9 Å². The van der Waals surface area contributed by atoms with Gasteiger partial charge in [-0.3, -0.25) is 14.5 Å². The van der Waals surface area contributed by atoms with E-state index in [1.54, 1.807) is 0 Å². The lowest BCUT2D eigenvalue weighted by Crippen LogP contribution is -2.38. The first-order valence-corrected chi connectivity index (χ1v) is 7.37. The molecule has 2 heterocycles. The third-order valence-corrected chi connectivity index (χ3v) is 3.80. The molecule has 0 atom stereocenters. The molecule has 0 radical (unpaired) electrons. The fourth-order valence-electron chi connectivity index (χ4n) is 2.86. The van der Waals surface area contributed by atoms with Crippen LogP contribution >= 0.6 is 0 Å². The number of amides is 4. The SMILES string of the molecule is Cc1cc(C(=O)NCCN2C(=O)CNC2=O)c(C)n1C(C)C. The Bertz CT molecular complexity index is 603. The van der Waals surface area contributed by atoms with Crippen LogP contribution in [0.25, 0.3) is 0 Å². The predicted octanol–water partition coefficient (Wildman–Crippen LogP) is 0.967. The molecule has 7 heteroatoms. The average Bonchev–Trinajstić information content (AvgIpc) is 2.91. The number of rotatable bonds is 5. The number of hydrogen-bond donors (Lipinski definition) is 2. The summed E-state index contributed by atoms with van der Waals surface area (Å²) in [5.74, 6) is -0.454. The third kappa shape index (κ3) is 2.98. The summed E-state index contributed by atoms with van der Waals surface area (Å²) in [6.45, 7) is 8.47. The Kier molecular flexibility index (Phi) is 4.54. The Balaban J connectivity index is 1.97. The minimum Gasteiger partial charge on any atom is -0.350 e. The van der Waals surface area contributed by atoms with Crippen molar-refractivity contribution in [1.82, 2.24) is 20.1 Å². The number of urea groups is 1. The van der Waals surface area contributed by atoms with Gasteiger partial charge in [0.05, 0.1) is 12.1 Å². The van der Waals surface area contributed by atoms with Crippen LogP contribution in [0.2, 0.25) is 0 Å². The molecule has 1 aromatic heterocycles. The molecule has 1 aliphatic rings. The second-order valence-electron chi connectivity index (χ2n) is 5.71. The maximum atomic E-state index is 12.3. The standard InChI is InChI=1S/C15H22N4O3/c1-9(2)19-10(3)7-12(11(19)4)14(21)16-5-6-18-13(20)8-17-15(18)22/h7,9H,5-6,8H2,1-4H3,(H,16,21)(H,17,22). The summed E-state index contributed by atoms with van der Waals surface area (Å²) < 4.78 is 2.10. The second kappa shape index (κ2) is 6.21. The molecule has 22 heavy (non-hydrogen) atoms. The summed E-state index contributed by atoms with van der Waals surface area (Å²) in [4.78, 5) is 36.2. The van der Waals surface area contributed by atoms with Crippen LogP contribution < -0.4 is 10.6 Å². The predicted molar refractivity (Wildman–Crippen MR) is 81.7 cm³/mol. The van der Waals surface area contributed by atoms with E-state index in [1.165, 1.54) is 0 Å². The molecule has 120 valence electrons. The molecule has 0 unspecified atom stereocenters. The molecule has 1 aliphatic heterocycles. The zero-order chi connectivity index (χ0) is 16.4. The number of carbonyl (C=O) groups excluding carboxylic acids is 3. The molecule has 0 spiro atoms. The summed E-state index contributed by atoms with van der Waals surface area (Å²) in [6.07, 6.45) is 0. The lowest BCUT2D eigenvalue weighted by Gasteiger charge is -2.14. The quantitative estimate of drug-likeness (QED) is 0.795. The van der Waals surface area contributed by atoms with Gasteiger partial charge >= 0.3 is 6.03 Å². The number of aryl methyl sites for hydroxylation is 1. The first-order chi connectivity index (χ1) is 10.3.